The quantitative estimate of drug-likeness (QED) is 0.760. The van der Waals surface area contributed by atoms with E-state index in [0.717, 1.165) is 5.56 Å². The lowest BCUT2D eigenvalue weighted by molar-refractivity contribution is 0.260. The predicted octanol–water partition coefficient (Wildman–Crippen LogP) is 2.80. The first-order valence-corrected chi connectivity index (χ1v) is 7.10. The normalized spacial score (nSPS) is 10.8. The summed E-state index contributed by atoms with van der Waals surface area (Å²) in [6.07, 6.45) is 0. The van der Waals surface area contributed by atoms with E-state index in [1.807, 2.05) is 18.2 Å². The average Bonchev–Trinajstić information content (AvgIpc) is 2.59. The van der Waals surface area contributed by atoms with Gasteiger partial charge >= 0.3 is 0 Å². The maximum atomic E-state index is 9.19. The van der Waals surface area contributed by atoms with Gasteiger partial charge in [0.1, 0.15) is 12.4 Å². The Hall–Kier alpha value is -2.43. The van der Waals surface area contributed by atoms with Crippen molar-refractivity contribution in [3.8, 4) is 5.75 Å². The van der Waals surface area contributed by atoms with Gasteiger partial charge in [0, 0.05) is 12.1 Å². The fraction of sp³-hybridized carbons (Fsp3) is 0.167. The van der Waals surface area contributed by atoms with Crippen LogP contribution in [-0.4, -0.2) is 15.2 Å². The highest BCUT2D eigenvalue weighted by molar-refractivity contribution is 5.82. The van der Waals surface area contributed by atoms with Gasteiger partial charge in [-0.1, -0.05) is 36.4 Å². The van der Waals surface area contributed by atoms with Crippen LogP contribution >= 0.6 is 0 Å². The minimum Gasteiger partial charge on any atom is -0.489 e. The van der Waals surface area contributed by atoms with Gasteiger partial charge in [-0.25, -0.2) is 0 Å². The first kappa shape index (κ1) is 14.5. The van der Waals surface area contributed by atoms with Crippen molar-refractivity contribution < 1.29 is 14.9 Å². The number of aliphatic hydroxyl groups is 2. The SMILES string of the molecule is OCc1cc(OCc2ccc3ccccc3c2)cc(CO)n1. The van der Waals surface area contributed by atoms with Gasteiger partial charge in [0.25, 0.3) is 0 Å². The molecule has 0 saturated heterocycles. The molecule has 0 bridgehead atoms. The summed E-state index contributed by atoms with van der Waals surface area (Å²) in [5.74, 6) is 0.594. The van der Waals surface area contributed by atoms with Gasteiger partial charge in [0.15, 0.2) is 0 Å². The summed E-state index contributed by atoms with van der Waals surface area (Å²) in [5.41, 5.74) is 2.03. The van der Waals surface area contributed by atoms with Crippen LogP contribution in [0.1, 0.15) is 17.0 Å². The fourth-order valence-electron chi connectivity index (χ4n) is 2.36. The number of hydrogen-bond donors (Lipinski definition) is 2. The molecule has 3 rings (SSSR count). The van der Waals surface area contributed by atoms with Crippen LogP contribution in [0.2, 0.25) is 0 Å². The number of ether oxygens (including phenoxy) is 1. The molecular formula is C18H17NO3. The van der Waals surface area contributed by atoms with E-state index in [2.05, 4.69) is 29.2 Å². The van der Waals surface area contributed by atoms with Crippen molar-refractivity contribution in [1.29, 1.82) is 0 Å². The number of pyridine rings is 1. The van der Waals surface area contributed by atoms with Crippen molar-refractivity contribution in [2.45, 2.75) is 19.8 Å². The second-order valence-corrected chi connectivity index (χ2v) is 5.07. The standard InChI is InChI=1S/C18H17NO3/c20-10-16-8-18(9-17(11-21)19-16)22-12-13-5-6-14-3-1-2-4-15(14)7-13/h1-9,20-21H,10-12H2. The number of fused-ring (bicyclic) bond motifs is 1. The number of hydrogen-bond acceptors (Lipinski definition) is 4. The van der Waals surface area contributed by atoms with E-state index in [0.29, 0.717) is 23.7 Å². The molecule has 1 heterocycles. The lowest BCUT2D eigenvalue weighted by Crippen LogP contribution is -2.00. The van der Waals surface area contributed by atoms with E-state index in [9.17, 15) is 10.2 Å². The Morgan fingerprint density at radius 2 is 1.50 bits per heavy atom. The van der Waals surface area contributed by atoms with Crippen molar-refractivity contribution in [3.05, 3.63) is 71.5 Å². The van der Waals surface area contributed by atoms with Crippen LogP contribution in [0, 0.1) is 0 Å². The van der Waals surface area contributed by atoms with E-state index < -0.39 is 0 Å². The average molecular weight is 295 g/mol. The minimum atomic E-state index is -0.180. The second-order valence-electron chi connectivity index (χ2n) is 5.07. The molecule has 2 aromatic carbocycles. The molecule has 0 spiro atoms. The van der Waals surface area contributed by atoms with Crippen molar-refractivity contribution in [2.24, 2.45) is 0 Å². The van der Waals surface area contributed by atoms with Gasteiger partial charge in [-0.15, -0.1) is 0 Å². The molecular weight excluding hydrogens is 278 g/mol. The predicted molar refractivity (Wildman–Crippen MR) is 84.4 cm³/mol. The van der Waals surface area contributed by atoms with E-state index in [1.54, 1.807) is 12.1 Å². The molecule has 0 amide bonds. The van der Waals surface area contributed by atoms with E-state index in [1.165, 1.54) is 10.8 Å². The fourth-order valence-corrected chi connectivity index (χ4v) is 2.36. The van der Waals surface area contributed by atoms with E-state index in [4.69, 9.17) is 4.74 Å². The summed E-state index contributed by atoms with van der Waals surface area (Å²) in [4.78, 5) is 4.09. The van der Waals surface area contributed by atoms with Crippen LogP contribution in [0.5, 0.6) is 5.75 Å². The van der Waals surface area contributed by atoms with Crippen molar-refractivity contribution in [1.82, 2.24) is 4.98 Å². The largest absolute Gasteiger partial charge is 0.489 e. The third kappa shape index (κ3) is 3.24. The molecule has 4 nitrogen and oxygen atoms in total. The zero-order valence-electron chi connectivity index (χ0n) is 12.1. The number of rotatable bonds is 5. The number of aromatic nitrogens is 1. The van der Waals surface area contributed by atoms with Gasteiger partial charge < -0.3 is 14.9 Å². The lowest BCUT2D eigenvalue weighted by atomic mass is 10.1. The molecule has 112 valence electrons. The van der Waals surface area contributed by atoms with Gasteiger partial charge in [-0.05, 0) is 22.4 Å². The summed E-state index contributed by atoms with van der Waals surface area (Å²) >= 11 is 0. The van der Waals surface area contributed by atoms with Crippen molar-refractivity contribution in [3.63, 3.8) is 0 Å². The molecule has 1 aromatic heterocycles. The Bertz CT molecular complexity index is 764. The molecule has 4 heteroatoms. The zero-order chi connectivity index (χ0) is 15.4. The van der Waals surface area contributed by atoms with E-state index >= 15 is 0 Å². The molecule has 0 unspecified atom stereocenters. The molecule has 0 fully saturated rings. The maximum absolute atomic E-state index is 9.19. The Kier molecular flexibility index (Phi) is 4.32. The summed E-state index contributed by atoms with van der Waals surface area (Å²) in [6, 6.07) is 17.7. The third-order valence-electron chi connectivity index (χ3n) is 3.45. The van der Waals surface area contributed by atoms with Crippen LogP contribution < -0.4 is 4.74 Å². The topological polar surface area (TPSA) is 62.6 Å². The van der Waals surface area contributed by atoms with Gasteiger partial charge in [0.05, 0.1) is 24.6 Å². The molecule has 2 N–H and O–H groups in total. The van der Waals surface area contributed by atoms with Crippen LogP contribution in [0.4, 0.5) is 0 Å². The molecule has 0 aliphatic heterocycles. The van der Waals surface area contributed by atoms with Crippen LogP contribution in [-0.2, 0) is 19.8 Å². The summed E-state index contributed by atoms with van der Waals surface area (Å²) in [7, 11) is 0. The van der Waals surface area contributed by atoms with Gasteiger partial charge in [-0.3, -0.25) is 4.98 Å². The first-order valence-electron chi connectivity index (χ1n) is 7.10. The Morgan fingerprint density at radius 3 is 2.18 bits per heavy atom. The number of aliphatic hydroxyl groups excluding tert-OH is 2. The highest BCUT2D eigenvalue weighted by Gasteiger charge is 2.04. The van der Waals surface area contributed by atoms with Crippen LogP contribution in [0.25, 0.3) is 10.8 Å². The van der Waals surface area contributed by atoms with Crippen molar-refractivity contribution >= 4 is 10.8 Å². The lowest BCUT2D eigenvalue weighted by Gasteiger charge is -2.10. The van der Waals surface area contributed by atoms with Crippen LogP contribution in [0.3, 0.4) is 0 Å². The van der Waals surface area contributed by atoms with Gasteiger partial charge in [-0.2, -0.15) is 0 Å². The maximum Gasteiger partial charge on any atom is 0.123 e. The monoisotopic (exact) mass is 295 g/mol. The summed E-state index contributed by atoms with van der Waals surface area (Å²) in [5, 5.41) is 20.7. The number of nitrogens with zero attached hydrogens (tertiary/aromatic N) is 1. The minimum absolute atomic E-state index is 0.180. The third-order valence-corrected chi connectivity index (χ3v) is 3.45. The summed E-state index contributed by atoms with van der Waals surface area (Å²) in [6.45, 7) is 0.0605. The smallest absolute Gasteiger partial charge is 0.123 e. The zero-order valence-corrected chi connectivity index (χ0v) is 12.1. The van der Waals surface area contributed by atoms with Gasteiger partial charge in [0.2, 0.25) is 0 Å². The van der Waals surface area contributed by atoms with Crippen LogP contribution in [0.15, 0.2) is 54.6 Å². The summed E-state index contributed by atoms with van der Waals surface area (Å²) < 4.78 is 5.76. The van der Waals surface area contributed by atoms with Crippen molar-refractivity contribution in [2.75, 3.05) is 0 Å². The highest BCUT2D eigenvalue weighted by Crippen LogP contribution is 2.19. The highest BCUT2D eigenvalue weighted by atomic mass is 16.5. The molecule has 0 radical (unpaired) electrons. The molecule has 0 aliphatic carbocycles. The van der Waals surface area contributed by atoms with E-state index in [-0.39, 0.29) is 13.2 Å². The molecule has 0 saturated carbocycles. The molecule has 0 aliphatic rings. The Balaban J connectivity index is 1.78. The first-order chi connectivity index (χ1) is 10.8. The Labute approximate surface area is 128 Å². The second kappa shape index (κ2) is 6.56. The molecule has 22 heavy (non-hydrogen) atoms. The Morgan fingerprint density at radius 1 is 0.818 bits per heavy atom. The molecule has 3 aromatic rings. The number of benzene rings is 2. The molecule has 0 atom stereocenters.